The van der Waals surface area contributed by atoms with Crippen molar-refractivity contribution in [2.45, 2.75) is 6.92 Å². The highest BCUT2D eigenvalue weighted by Gasteiger charge is 2.13. The first-order valence-corrected chi connectivity index (χ1v) is 10.8. The molecule has 33 heavy (non-hydrogen) atoms. The van der Waals surface area contributed by atoms with Crippen LogP contribution in [0.2, 0.25) is 0 Å². The van der Waals surface area contributed by atoms with Gasteiger partial charge in [0.25, 0.3) is 0 Å². The minimum absolute atomic E-state index is 0.470. The van der Waals surface area contributed by atoms with Crippen molar-refractivity contribution in [1.82, 2.24) is 15.0 Å². The van der Waals surface area contributed by atoms with Gasteiger partial charge in [0.15, 0.2) is 5.82 Å². The molecule has 2 aromatic heterocycles. The molecule has 0 aliphatic heterocycles. The Labute approximate surface area is 193 Å². The molecule has 2 heterocycles. The number of hydrogen-bond donors (Lipinski definition) is 2. The van der Waals surface area contributed by atoms with Gasteiger partial charge in [0.2, 0.25) is 0 Å². The number of pyridine rings is 1. The molecule has 170 valence electrons. The van der Waals surface area contributed by atoms with E-state index in [2.05, 4.69) is 21.7 Å². The molecule has 8 heteroatoms. The summed E-state index contributed by atoms with van der Waals surface area (Å²) in [5, 5.41) is 7.60. The molecule has 0 saturated heterocycles. The maximum Gasteiger partial charge on any atom is 0.163 e. The van der Waals surface area contributed by atoms with Crippen LogP contribution in [0, 0.1) is 0 Å². The molecule has 0 bridgehead atoms. The standard InChI is InChI=1S/C25H28N6O2/c1-5-33-19-9-11-21-20(14-19)25(30-24(29-21)17-7-6-12-27-15-17)28-18-8-10-22(26-2)23(13-18)31(3)16-32-4/h6-15,26H,5,16H2,1-4H3,(H,28,29,30). The lowest BCUT2D eigenvalue weighted by Gasteiger charge is -2.22. The average molecular weight is 445 g/mol. The first kappa shape index (κ1) is 22.3. The third-order valence-corrected chi connectivity index (χ3v) is 5.16. The van der Waals surface area contributed by atoms with Gasteiger partial charge in [-0.3, -0.25) is 4.98 Å². The molecule has 4 rings (SSSR count). The Bertz CT molecular complexity index is 1230. The molecule has 0 radical (unpaired) electrons. The van der Waals surface area contributed by atoms with Gasteiger partial charge in [0.05, 0.1) is 23.5 Å². The zero-order chi connectivity index (χ0) is 23.2. The molecule has 2 N–H and O–H groups in total. The zero-order valence-electron chi connectivity index (χ0n) is 19.3. The summed E-state index contributed by atoms with van der Waals surface area (Å²) in [5.74, 6) is 2.07. The molecule has 4 aromatic rings. The predicted octanol–water partition coefficient (Wildman–Crippen LogP) is 4.92. The van der Waals surface area contributed by atoms with E-state index < -0.39 is 0 Å². The number of ether oxygens (including phenoxy) is 2. The number of nitrogens with zero attached hydrogens (tertiary/aromatic N) is 4. The lowest BCUT2D eigenvalue weighted by molar-refractivity contribution is 0.202. The Morgan fingerprint density at radius 3 is 2.67 bits per heavy atom. The summed E-state index contributed by atoms with van der Waals surface area (Å²) < 4.78 is 11.0. The number of hydrogen-bond acceptors (Lipinski definition) is 8. The Kier molecular flexibility index (Phi) is 6.85. The van der Waals surface area contributed by atoms with Crippen LogP contribution in [0.25, 0.3) is 22.3 Å². The van der Waals surface area contributed by atoms with Crippen molar-refractivity contribution in [2.24, 2.45) is 0 Å². The maximum atomic E-state index is 5.72. The molecule has 2 aromatic carbocycles. The number of nitrogens with one attached hydrogen (secondary N) is 2. The van der Waals surface area contributed by atoms with Crippen LogP contribution in [0.4, 0.5) is 22.9 Å². The van der Waals surface area contributed by atoms with E-state index in [-0.39, 0.29) is 0 Å². The summed E-state index contributed by atoms with van der Waals surface area (Å²) in [4.78, 5) is 15.9. The molecule has 0 aliphatic carbocycles. The van der Waals surface area contributed by atoms with Crippen LogP contribution in [0.5, 0.6) is 5.75 Å². The Morgan fingerprint density at radius 2 is 1.94 bits per heavy atom. The molecule has 0 aliphatic rings. The van der Waals surface area contributed by atoms with Gasteiger partial charge in [-0.2, -0.15) is 0 Å². The number of anilines is 4. The van der Waals surface area contributed by atoms with E-state index in [1.807, 2.05) is 68.4 Å². The molecule has 0 amide bonds. The number of rotatable bonds is 9. The molecule has 0 saturated carbocycles. The molecule has 8 nitrogen and oxygen atoms in total. The monoisotopic (exact) mass is 444 g/mol. The van der Waals surface area contributed by atoms with Gasteiger partial charge in [-0.25, -0.2) is 9.97 Å². The highest BCUT2D eigenvalue weighted by atomic mass is 16.5. The quantitative estimate of drug-likeness (QED) is 0.352. The van der Waals surface area contributed by atoms with Crippen LogP contribution in [0.1, 0.15) is 6.92 Å². The van der Waals surface area contributed by atoms with Crippen LogP contribution < -0.4 is 20.3 Å². The first-order chi connectivity index (χ1) is 16.1. The molecule has 0 unspecified atom stereocenters. The van der Waals surface area contributed by atoms with Crippen molar-refractivity contribution in [3.05, 3.63) is 60.9 Å². The highest BCUT2D eigenvalue weighted by Crippen LogP contribution is 2.33. The van der Waals surface area contributed by atoms with Crippen molar-refractivity contribution >= 4 is 33.8 Å². The third kappa shape index (κ3) is 4.96. The van der Waals surface area contributed by atoms with E-state index in [4.69, 9.17) is 19.4 Å². The summed E-state index contributed by atoms with van der Waals surface area (Å²) in [6, 6.07) is 15.8. The van der Waals surface area contributed by atoms with Crippen LogP contribution in [0.15, 0.2) is 60.9 Å². The fraction of sp³-hybridized carbons (Fsp3) is 0.240. The second-order valence-electron chi connectivity index (χ2n) is 7.47. The van der Waals surface area contributed by atoms with Crippen LogP contribution in [-0.2, 0) is 4.74 Å². The first-order valence-electron chi connectivity index (χ1n) is 10.8. The van der Waals surface area contributed by atoms with Gasteiger partial charge in [-0.15, -0.1) is 0 Å². The summed E-state index contributed by atoms with van der Waals surface area (Å²) in [6.07, 6.45) is 3.50. The molecular weight excluding hydrogens is 416 g/mol. The van der Waals surface area contributed by atoms with Crippen molar-refractivity contribution in [2.75, 3.05) is 50.1 Å². The van der Waals surface area contributed by atoms with E-state index >= 15 is 0 Å². The summed E-state index contributed by atoms with van der Waals surface area (Å²) >= 11 is 0. The topological polar surface area (TPSA) is 84.4 Å². The van der Waals surface area contributed by atoms with Crippen LogP contribution in [-0.4, -0.2) is 49.5 Å². The van der Waals surface area contributed by atoms with Crippen molar-refractivity contribution in [3.63, 3.8) is 0 Å². The lowest BCUT2D eigenvalue weighted by Crippen LogP contribution is -2.20. The van der Waals surface area contributed by atoms with Crippen LogP contribution in [0.3, 0.4) is 0 Å². The molecule has 0 atom stereocenters. The second kappa shape index (κ2) is 10.1. The van der Waals surface area contributed by atoms with Gasteiger partial charge < -0.3 is 25.0 Å². The number of benzene rings is 2. The second-order valence-corrected chi connectivity index (χ2v) is 7.47. The van der Waals surface area contributed by atoms with Crippen molar-refractivity contribution in [1.29, 1.82) is 0 Å². The van der Waals surface area contributed by atoms with Crippen molar-refractivity contribution < 1.29 is 9.47 Å². The molecule has 0 spiro atoms. The van der Waals surface area contributed by atoms with E-state index in [1.54, 1.807) is 19.5 Å². The smallest absolute Gasteiger partial charge is 0.163 e. The average Bonchev–Trinajstić information content (AvgIpc) is 2.85. The van der Waals surface area contributed by atoms with Gasteiger partial charge >= 0.3 is 0 Å². The molecular formula is C25H28N6O2. The van der Waals surface area contributed by atoms with E-state index in [0.717, 1.165) is 39.3 Å². The number of aromatic nitrogens is 3. The Hall–Kier alpha value is -3.91. The lowest BCUT2D eigenvalue weighted by atomic mass is 10.1. The van der Waals surface area contributed by atoms with Crippen molar-refractivity contribution in [3.8, 4) is 17.1 Å². The normalized spacial score (nSPS) is 10.8. The largest absolute Gasteiger partial charge is 0.494 e. The van der Waals surface area contributed by atoms with Gasteiger partial charge in [-0.1, -0.05) is 0 Å². The Balaban J connectivity index is 1.81. The maximum absolute atomic E-state index is 5.72. The predicted molar refractivity (Wildman–Crippen MR) is 133 cm³/mol. The fourth-order valence-corrected chi connectivity index (χ4v) is 3.62. The van der Waals surface area contributed by atoms with E-state index in [0.29, 0.717) is 25.0 Å². The summed E-state index contributed by atoms with van der Waals surface area (Å²) in [7, 11) is 5.57. The fourth-order valence-electron chi connectivity index (χ4n) is 3.62. The summed E-state index contributed by atoms with van der Waals surface area (Å²) in [5.41, 5.74) is 4.57. The Morgan fingerprint density at radius 1 is 1.06 bits per heavy atom. The van der Waals surface area contributed by atoms with E-state index in [1.165, 1.54) is 0 Å². The SMILES string of the molecule is CCOc1ccc2nc(-c3cccnc3)nc(Nc3ccc(NC)c(N(C)COC)c3)c2c1. The van der Waals surface area contributed by atoms with Gasteiger partial charge in [0.1, 0.15) is 18.3 Å². The van der Waals surface area contributed by atoms with Crippen LogP contribution >= 0.6 is 0 Å². The third-order valence-electron chi connectivity index (χ3n) is 5.16. The minimum atomic E-state index is 0.470. The highest BCUT2D eigenvalue weighted by molar-refractivity contribution is 5.93. The van der Waals surface area contributed by atoms with E-state index in [9.17, 15) is 0 Å². The van der Waals surface area contributed by atoms with Gasteiger partial charge in [0, 0.05) is 50.2 Å². The zero-order valence-corrected chi connectivity index (χ0v) is 19.3. The number of fused-ring (bicyclic) bond motifs is 1. The molecule has 0 fully saturated rings. The van der Waals surface area contributed by atoms with Gasteiger partial charge in [-0.05, 0) is 55.5 Å². The number of methoxy groups -OCH3 is 1. The summed E-state index contributed by atoms with van der Waals surface area (Å²) in [6.45, 7) is 3.02. The minimum Gasteiger partial charge on any atom is -0.494 e.